The van der Waals surface area contributed by atoms with Gasteiger partial charge in [0.05, 0.1) is 5.69 Å². The van der Waals surface area contributed by atoms with Gasteiger partial charge in [-0.15, -0.1) is 0 Å². The molecule has 1 amide bonds. The van der Waals surface area contributed by atoms with Crippen molar-refractivity contribution in [1.82, 2.24) is 4.90 Å². The number of carbonyl (C=O) groups excluding carboxylic acids is 1. The number of carbonyl (C=O) groups is 1. The fourth-order valence-electron chi connectivity index (χ4n) is 3.37. The van der Waals surface area contributed by atoms with Crippen molar-refractivity contribution in [3.8, 4) is 0 Å². The molecule has 0 unspecified atom stereocenters. The van der Waals surface area contributed by atoms with Crippen molar-refractivity contribution < 1.29 is 31.1 Å². The molecule has 170 valence electrons. The number of amides is 1. The van der Waals surface area contributed by atoms with E-state index in [4.69, 9.17) is 0 Å². The van der Waals surface area contributed by atoms with Crippen LogP contribution in [0.15, 0.2) is 36.4 Å². The number of para-hydroxylation sites is 1. The second-order valence-corrected chi connectivity index (χ2v) is 8.73. The molecule has 10 heteroatoms. The summed E-state index contributed by atoms with van der Waals surface area (Å²) in [5, 5.41) is 0. The lowest BCUT2D eigenvalue weighted by molar-refractivity contribution is -0.132. The number of alkyl halides is 3. The van der Waals surface area contributed by atoms with E-state index in [1.165, 1.54) is 23.1 Å². The molecule has 6 nitrogen and oxygen atoms in total. The summed E-state index contributed by atoms with van der Waals surface area (Å²) in [5.74, 6) is -0.251. The normalized spacial score (nSPS) is 16.7. The molecule has 0 atom stereocenters. The van der Waals surface area contributed by atoms with Crippen LogP contribution in [0, 0.1) is 5.41 Å². The van der Waals surface area contributed by atoms with E-state index in [9.17, 15) is 26.4 Å². The number of piperidine rings is 1. The van der Waals surface area contributed by atoms with E-state index < -0.39 is 15.5 Å². The minimum absolute atomic E-state index is 0.00207. The summed E-state index contributed by atoms with van der Waals surface area (Å²) >= 11 is 0. The average Bonchev–Trinajstić information content (AvgIpc) is 2.67. The maximum Gasteiger partial charge on any atom is 0.516 e. The smallest absolute Gasteiger partial charge is 0.388 e. The molecule has 1 aliphatic heterocycles. The Bertz CT molecular complexity index is 850. The molecule has 1 heterocycles. The van der Waals surface area contributed by atoms with Gasteiger partial charge in [-0.05, 0) is 30.9 Å². The SMILES string of the molecule is C=C1C(=O)N(Cc2ccccc2NS(=O)(=O)C(F)(F)F)CCC1(CC)CC.COC. The topological polar surface area (TPSA) is 75.7 Å². The van der Waals surface area contributed by atoms with Gasteiger partial charge in [-0.1, -0.05) is 38.6 Å². The number of sulfonamides is 1. The Labute approximate surface area is 176 Å². The van der Waals surface area contributed by atoms with Crippen LogP contribution in [-0.4, -0.2) is 45.5 Å². The second kappa shape index (κ2) is 10.3. The average molecular weight is 451 g/mol. The number of likely N-dealkylation sites (tertiary alicyclic amines) is 1. The van der Waals surface area contributed by atoms with Gasteiger partial charge in [-0.3, -0.25) is 9.52 Å². The number of halogens is 3. The van der Waals surface area contributed by atoms with Gasteiger partial charge in [-0.25, -0.2) is 0 Å². The molecule has 0 spiro atoms. The molecule has 1 saturated heterocycles. The van der Waals surface area contributed by atoms with Crippen LogP contribution in [0.4, 0.5) is 18.9 Å². The van der Waals surface area contributed by atoms with Gasteiger partial charge in [-0.2, -0.15) is 21.6 Å². The quantitative estimate of drug-likeness (QED) is 0.656. The third kappa shape index (κ3) is 5.75. The zero-order valence-electron chi connectivity index (χ0n) is 17.7. The first-order valence-electron chi connectivity index (χ1n) is 9.44. The molecule has 0 radical (unpaired) electrons. The maximum absolute atomic E-state index is 12.7. The van der Waals surface area contributed by atoms with Crippen molar-refractivity contribution >= 4 is 21.6 Å². The first-order chi connectivity index (χ1) is 13.9. The molecule has 0 saturated carbocycles. The number of hydrogen-bond acceptors (Lipinski definition) is 4. The monoisotopic (exact) mass is 450 g/mol. The highest BCUT2D eigenvalue weighted by atomic mass is 32.2. The Kier molecular flexibility index (Phi) is 8.91. The third-order valence-electron chi connectivity index (χ3n) is 5.33. The Balaban J connectivity index is 0.00000141. The van der Waals surface area contributed by atoms with Crippen LogP contribution in [0.5, 0.6) is 0 Å². The zero-order valence-corrected chi connectivity index (χ0v) is 18.5. The standard InChI is InChI=1S/C18H23F3N2O3S.C2H6O/c1-4-17(5-2)10-11-23(16(24)13(17)3)12-14-8-6-7-9-15(14)22-27(25,26)18(19,20)21;1-3-2/h6-9,22H,3-5,10-12H2,1-2H3;1-2H3. The highest BCUT2D eigenvalue weighted by Crippen LogP contribution is 2.42. The molecule has 1 aromatic carbocycles. The Morgan fingerprint density at radius 2 is 1.73 bits per heavy atom. The number of rotatable bonds is 6. The molecular formula is C20H29F3N2O4S. The Hall–Kier alpha value is -2.07. The first kappa shape index (κ1) is 26.0. The lowest BCUT2D eigenvalue weighted by Gasteiger charge is -2.42. The minimum Gasteiger partial charge on any atom is -0.388 e. The predicted molar refractivity (Wildman–Crippen MR) is 110 cm³/mol. The van der Waals surface area contributed by atoms with Crippen LogP contribution in [0.2, 0.25) is 0 Å². The number of ether oxygens (including phenoxy) is 1. The van der Waals surface area contributed by atoms with Gasteiger partial charge < -0.3 is 9.64 Å². The van der Waals surface area contributed by atoms with Crippen molar-refractivity contribution in [3.63, 3.8) is 0 Å². The van der Waals surface area contributed by atoms with E-state index in [0.29, 0.717) is 18.5 Å². The van der Waals surface area contributed by atoms with Gasteiger partial charge in [0.1, 0.15) is 0 Å². The second-order valence-electron chi connectivity index (χ2n) is 7.06. The summed E-state index contributed by atoms with van der Waals surface area (Å²) in [4.78, 5) is 14.2. The van der Waals surface area contributed by atoms with E-state index in [-0.39, 0.29) is 29.1 Å². The van der Waals surface area contributed by atoms with Crippen molar-refractivity contribution in [1.29, 1.82) is 0 Å². The number of anilines is 1. The van der Waals surface area contributed by atoms with Crippen LogP contribution in [0.3, 0.4) is 0 Å². The Morgan fingerprint density at radius 3 is 2.23 bits per heavy atom. The fourth-order valence-corrected chi connectivity index (χ4v) is 3.97. The lowest BCUT2D eigenvalue weighted by Crippen LogP contribution is -2.45. The lowest BCUT2D eigenvalue weighted by atomic mass is 9.70. The largest absolute Gasteiger partial charge is 0.516 e. The van der Waals surface area contributed by atoms with Gasteiger partial charge >= 0.3 is 15.5 Å². The molecule has 0 aliphatic carbocycles. The first-order valence-corrected chi connectivity index (χ1v) is 10.9. The summed E-state index contributed by atoms with van der Waals surface area (Å²) in [7, 11) is -2.29. The van der Waals surface area contributed by atoms with Crippen molar-refractivity contribution in [3.05, 3.63) is 42.0 Å². The summed E-state index contributed by atoms with van der Waals surface area (Å²) in [6.07, 6.45) is 2.27. The molecule has 0 bridgehead atoms. The van der Waals surface area contributed by atoms with E-state index in [0.717, 1.165) is 12.8 Å². The maximum atomic E-state index is 12.7. The number of benzene rings is 1. The van der Waals surface area contributed by atoms with Crippen molar-refractivity contribution in [2.24, 2.45) is 5.41 Å². The summed E-state index contributed by atoms with van der Waals surface area (Å²) in [6.45, 7) is 8.37. The number of methoxy groups -OCH3 is 1. The predicted octanol–water partition coefficient (Wildman–Crippen LogP) is 4.31. The van der Waals surface area contributed by atoms with E-state index in [1.54, 1.807) is 25.0 Å². The van der Waals surface area contributed by atoms with Gasteiger partial charge in [0.15, 0.2) is 0 Å². The van der Waals surface area contributed by atoms with Crippen LogP contribution in [-0.2, 0) is 26.1 Å². The Morgan fingerprint density at radius 1 is 1.20 bits per heavy atom. The number of nitrogens with zero attached hydrogens (tertiary/aromatic N) is 1. The molecule has 1 N–H and O–H groups in total. The number of nitrogens with one attached hydrogen (secondary N) is 1. The van der Waals surface area contributed by atoms with Gasteiger partial charge in [0.2, 0.25) is 5.91 Å². The van der Waals surface area contributed by atoms with Crippen LogP contribution in [0.1, 0.15) is 38.7 Å². The van der Waals surface area contributed by atoms with E-state index >= 15 is 0 Å². The van der Waals surface area contributed by atoms with E-state index in [2.05, 4.69) is 11.3 Å². The van der Waals surface area contributed by atoms with E-state index in [1.807, 2.05) is 13.8 Å². The zero-order chi connectivity index (χ0) is 23.2. The molecule has 1 aliphatic rings. The summed E-state index contributed by atoms with van der Waals surface area (Å²) < 4.78 is 66.6. The van der Waals surface area contributed by atoms with Crippen LogP contribution in [0.25, 0.3) is 0 Å². The fraction of sp³-hybridized carbons (Fsp3) is 0.550. The third-order valence-corrected chi connectivity index (χ3v) is 6.43. The van der Waals surface area contributed by atoms with Crippen molar-refractivity contribution in [2.45, 2.75) is 45.2 Å². The molecule has 30 heavy (non-hydrogen) atoms. The molecule has 0 aromatic heterocycles. The highest BCUT2D eigenvalue weighted by molar-refractivity contribution is 7.93. The van der Waals surface area contributed by atoms with Crippen LogP contribution < -0.4 is 4.72 Å². The van der Waals surface area contributed by atoms with Crippen LogP contribution >= 0.6 is 0 Å². The molecule has 1 aromatic rings. The van der Waals surface area contributed by atoms with Crippen molar-refractivity contribution in [2.75, 3.05) is 25.5 Å². The summed E-state index contributed by atoms with van der Waals surface area (Å²) in [5.41, 5.74) is -5.10. The molecule has 2 rings (SSSR count). The van der Waals surface area contributed by atoms with Gasteiger partial charge in [0, 0.05) is 38.3 Å². The number of hydrogen-bond donors (Lipinski definition) is 1. The summed E-state index contributed by atoms with van der Waals surface area (Å²) in [6, 6.07) is 5.73. The minimum atomic E-state index is -5.54. The highest BCUT2D eigenvalue weighted by Gasteiger charge is 2.46. The molecule has 1 fully saturated rings. The molecular weight excluding hydrogens is 421 g/mol. The van der Waals surface area contributed by atoms with Gasteiger partial charge in [0.25, 0.3) is 0 Å².